The number of amides is 1. The molecule has 108 valence electrons. The average Bonchev–Trinajstić information content (AvgIpc) is 2.84. The van der Waals surface area contributed by atoms with Crippen LogP contribution in [0.1, 0.15) is 25.8 Å². The normalized spacial score (nSPS) is 11.0. The van der Waals surface area contributed by atoms with Gasteiger partial charge >= 0.3 is 0 Å². The highest BCUT2D eigenvalue weighted by atomic mass is 16.1. The van der Waals surface area contributed by atoms with Crippen molar-refractivity contribution in [2.45, 2.75) is 27.2 Å². The summed E-state index contributed by atoms with van der Waals surface area (Å²) >= 11 is 0. The van der Waals surface area contributed by atoms with E-state index in [0.29, 0.717) is 18.9 Å². The molecule has 2 heterocycles. The Morgan fingerprint density at radius 3 is 2.95 bits per heavy atom. The van der Waals surface area contributed by atoms with Crippen molar-refractivity contribution < 1.29 is 4.79 Å². The molecule has 0 unspecified atom stereocenters. The Labute approximate surface area is 118 Å². The molecule has 2 aromatic heterocycles. The summed E-state index contributed by atoms with van der Waals surface area (Å²) < 4.78 is 1.74. The van der Waals surface area contributed by atoms with E-state index in [4.69, 9.17) is 0 Å². The summed E-state index contributed by atoms with van der Waals surface area (Å²) in [6.07, 6.45) is 1.96. The van der Waals surface area contributed by atoms with E-state index in [1.165, 1.54) is 6.33 Å². The Morgan fingerprint density at radius 2 is 2.20 bits per heavy atom. The number of nitrogens with zero attached hydrogens (tertiary/aromatic N) is 3. The summed E-state index contributed by atoms with van der Waals surface area (Å²) in [5.74, 6) is 1.39. The third-order valence-electron chi connectivity index (χ3n) is 2.89. The zero-order valence-corrected chi connectivity index (χ0v) is 12.2. The fourth-order valence-electron chi connectivity index (χ4n) is 1.89. The summed E-state index contributed by atoms with van der Waals surface area (Å²) in [6, 6.07) is 3.96. The fourth-order valence-corrected chi connectivity index (χ4v) is 1.89. The molecule has 0 aromatic carbocycles. The number of carbonyl (C=O) groups excluding carboxylic acids is 1. The van der Waals surface area contributed by atoms with Crippen molar-refractivity contribution in [3.05, 3.63) is 24.0 Å². The number of rotatable bonds is 6. The minimum atomic E-state index is 0.0636. The van der Waals surface area contributed by atoms with Gasteiger partial charge in [0.2, 0.25) is 5.91 Å². The van der Waals surface area contributed by atoms with Crippen LogP contribution in [0.2, 0.25) is 0 Å². The first kappa shape index (κ1) is 14.3. The molecule has 0 saturated carbocycles. The molecule has 0 fully saturated rings. The van der Waals surface area contributed by atoms with Crippen LogP contribution >= 0.6 is 0 Å². The number of carbonyl (C=O) groups is 1. The van der Waals surface area contributed by atoms with Gasteiger partial charge in [-0.25, -0.2) is 4.98 Å². The highest BCUT2D eigenvalue weighted by molar-refractivity contribution is 5.76. The van der Waals surface area contributed by atoms with Crippen LogP contribution in [0.25, 0.3) is 5.65 Å². The van der Waals surface area contributed by atoms with Gasteiger partial charge in [-0.15, -0.1) is 0 Å². The van der Waals surface area contributed by atoms with Crippen LogP contribution in [-0.4, -0.2) is 33.6 Å². The Bertz CT molecular complexity index is 590. The first-order valence-electron chi connectivity index (χ1n) is 6.87. The Kier molecular flexibility index (Phi) is 4.55. The van der Waals surface area contributed by atoms with Crippen molar-refractivity contribution in [1.82, 2.24) is 19.9 Å². The van der Waals surface area contributed by atoms with E-state index in [9.17, 15) is 4.79 Å². The molecule has 2 aromatic rings. The minimum Gasteiger partial charge on any atom is -0.369 e. The van der Waals surface area contributed by atoms with Gasteiger partial charge < -0.3 is 10.6 Å². The molecule has 0 bridgehead atoms. The predicted molar refractivity (Wildman–Crippen MR) is 78.7 cm³/mol. The minimum absolute atomic E-state index is 0.0636. The zero-order valence-electron chi connectivity index (χ0n) is 12.2. The molecule has 0 aliphatic heterocycles. The molecule has 2 N–H and O–H groups in total. The molecule has 0 spiro atoms. The van der Waals surface area contributed by atoms with E-state index < -0.39 is 0 Å². The SMILES string of the molecule is Cc1cc(NCCC(=O)NCC(C)C)n2ncnc2c1. The van der Waals surface area contributed by atoms with Gasteiger partial charge in [0.05, 0.1) is 0 Å². The smallest absolute Gasteiger partial charge is 0.221 e. The number of anilines is 1. The fraction of sp³-hybridized carbons (Fsp3) is 0.500. The summed E-state index contributed by atoms with van der Waals surface area (Å²) in [7, 11) is 0. The largest absolute Gasteiger partial charge is 0.369 e. The number of aryl methyl sites for hydroxylation is 1. The highest BCUT2D eigenvalue weighted by Gasteiger charge is 2.05. The summed E-state index contributed by atoms with van der Waals surface area (Å²) in [5.41, 5.74) is 1.91. The zero-order chi connectivity index (χ0) is 14.5. The average molecular weight is 275 g/mol. The number of hydrogen-bond acceptors (Lipinski definition) is 4. The monoisotopic (exact) mass is 275 g/mol. The molecule has 1 amide bonds. The van der Waals surface area contributed by atoms with Crippen molar-refractivity contribution >= 4 is 17.4 Å². The maximum Gasteiger partial charge on any atom is 0.221 e. The van der Waals surface area contributed by atoms with Gasteiger partial charge in [0, 0.05) is 19.5 Å². The first-order chi connectivity index (χ1) is 9.56. The third kappa shape index (κ3) is 3.69. The first-order valence-corrected chi connectivity index (χ1v) is 6.87. The van der Waals surface area contributed by atoms with E-state index in [0.717, 1.165) is 23.6 Å². The maximum atomic E-state index is 11.6. The number of aromatic nitrogens is 3. The van der Waals surface area contributed by atoms with E-state index in [1.807, 2.05) is 19.1 Å². The van der Waals surface area contributed by atoms with E-state index in [-0.39, 0.29) is 5.91 Å². The third-order valence-corrected chi connectivity index (χ3v) is 2.89. The van der Waals surface area contributed by atoms with Gasteiger partial charge in [0.15, 0.2) is 5.65 Å². The van der Waals surface area contributed by atoms with Crippen LogP contribution < -0.4 is 10.6 Å². The van der Waals surface area contributed by atoms with Crippen molar-refractivity contribution in [3.63, 3.8) is 0 Å². The molecule has 20 heavy (non-hydrogen) atoms. The predicted octanol–water partition coefficient (Wildman–Crippen LogP) is 1.61. The Morgan fingerprint density at radius 1 is 1.40 bits per heavy atom. The quantitative estimate of drug-likeness (QED) is 0.840. The standard InChI is InChI=1S/C14H21N5O/c1-10(2)8-16-14(20)4-5-15-12-6-11(3)7-13-17-9-18-19(12)13/h6-7,9-10,15H,4-5,8H2,1-3H3,(H,16,20). The lowest BCUT2D eigenvalue weighted by Crippen LogP contribution is -2.28. The van der Waals surface area contributed by atoms with Crippen molar-refractivity contribution in [1.29, 1.82) is 0 Å². The van der Waals surface area contributed by atoms with Gasteiger partial charge in [-0.05, 0) is 30.5 Å². The second kappa shape index (κ2) is 6.36. The van der Waals surface area contributed by atoms with Crippen LogP contribution in [0.5, 0.6) is 0 Å². The topological polar surface area (TPSA) is 71.3 Å². The lowest BCUT2D eigenvalue weighted by atomic mass is 10.2. The van der Waals surface area contributed by atoms with Crippen LogP contribution in [-0.2, 0) is 4.79 Å². The van der Waals surface area contributed by atoms with Gasteiger partial charge in [-0.1, -0.05) is 13.8 Å². The number of pyridine rings is 1. The Hall–Kier alpha value is -2.11. The van der Waals surface area contributed by atoms with Crippen LogP contribution in [0.4, 0.5) is 5.82 Å². The molecule has 0 radical (unpaired) electrons. The van der Waals surface area contributed by atoms with Crippen LogP contribution in [0, 0.1) is 12.8 Å². The molecule has 0 aliphatic carbocycles. The van der Waals surface area contributed by atoms with Gasteiger partial charge in [-0.3, -0.25) is 4.79 Å². The number of fused-ring (bicyclic) bond motifs is 1. The van der Waals surface area contributed by atoms with Crippen LogP contribution in [0.15, 0.2) is 18.5 Å². The molecule has 0 saturated heterocycles. The van der Waals surface area contributed by atoms with Crippen molar-refractivity contribution in [2.75, 3.05) is 18.4 Å². The highest BCUT2D eigenvalue weighted by Crippen LogP contribution is 2.12. The summed E-state index contributed by atoms with van der Waals surface area (Å²) in [5, 5.41) is 10.3. The van der Waals surface area contributed by atoms with E-state index >= 15 is 0 Å². The number of nitrogens with one attached hydrogen (secondary N) is 2. The summed E-state index contributed by atoms with van der Waals surface area (Å²) in [4.78, 5) is 15.8. The summed E-state index contributed by atoms with van der Waals surface area (Å²) in [6.45, 7) is 7.45. The van der Waals surface area contributed by atoms with Crippen molar-refractivity contribution in [2.24, 2.45) is 5.92 Å². The maximum absolute atomic E-state index is 11.6. The molecular formula is C14H21N5O. The van der Waals surface area contributed by atoms with E-state index in [1.54, 1.807) is 4.52 Å². The molecule has 0 atom stereocenters. The molecule has 2 rings (SSSR count). The van der Waals surface area contributed by atoms with Crippen molar-refractivity contribution in [3.8, 4) is 0 Å². The Balaban J connectivity index is 1.90. The second-order valence-electron chi connectivity index (χ2n) is 5.32. The lowest BCUT2D eigenvalue weighted by Gasteiger charge is -2.10. The van der Waals surface area contributed by atoms with Gasteiger partial charge in [-0.2, -0.15) is 9.61 Å². The number of hydrogen-bond donors (Lipinski definition) is 2. The molecule has 6 nitrogen and oxygen atoms in total. The molecular weight excluding hydrogens is 254 g/mol. The van der Waals surface area contributed by atoms with Gasteiger partial charge in [0.25, 0.3) is 0 Å². The molecule has 0 aliphatic rings. The lowest BCUT2D eigenvalue weighted by molar-refractivity contribution is -0.120. The van der Waals surface area contributed by atoms with Crippen LogP contribution in [0.3, 0.4) is 0 Å². The molecule has 6 heteroatoms. The van der Waals surface area contributed by atoms with Gasteiger partial charge in [0.1, 0.15) is 12.1 Å². The van der Waals surface area contributed by atoms with E-state index in [2.05, 4.69) is 34.6 Å². The second-order valence-corrected chi connectivity index (χ2v) is 5.32.